The number of carbonyl (C=O) groups is 1. The van der Waals surface area contributed by atoms with Crippen LogP contribution in [0.4, 0.5) is 15.8 Å². The minimum absolute atomic E-state index is 0.223. The Morgan fingerprint density at radius 3 is 2.47 bits per heavy atom. The van der Waals surface area contributed by atoms with Crippen LogP contribution in [-0.4, -0.2) is 24.0 Å². The number of nitrogens with one attached hydrogen (secondary N) is 1. The van der Waals surface area contributed by atoms with Crippen LogP contribution in [-0.2, 0) is 0 Å². The summed E-state index contributed by atoms with van der Waals surface area (Å²) >= 11 is 3.33. The molecule has 3 aromatic rings. The number of rotatable bonds is 8. The van der Waals surface area contributed by atoms with Crippen molar-refractivity contribution in [2.24, 2.45) is 0 Å². The van der Waals surface area contributed by atoms with Crippen LogP contribution in [0, 0.1) is 15.9 Å². The Labute approximate surface area is 179 Å². The average Bonchev–Trinajstić information content (AvgIpc) is 2.74. The van der Waals surface area contributed by atoms with Crippen molar-refractivity contribution in [3.63, 3.8) is 0 Å². The fourth-order valence-corrected chi connectivity index (χ4v) is 3.00. The number of halogens is 2. The first-order valence-corrected chi connectivity index (χ1v) is 9.59. The lowest BCUT2D eigenvalue weighted by molar-refractivity contribution is -0.384. The summed E-state index contributed by atoms with van der Waals surface area (Å²) in [5.41, 5.74) is -0.376. The van der Waals surface area contributed by atoms with E-state index in [-0.39, 0.29) is 23.5 Å². The summed E-state index contributed by atoms with van der Waals surface area (Å²) in [6.45, 7) is 0.628. The standard InChI is InChI=1S/C21H16BrFN2O5/c22-17-12-14(21(26)24-19-13-15(25(27)28)7-8-18(19)23)6-9-20(17)30-11-10-29-16-4-2-1-3-5-16/h1-9,12-13H,10-11H2,(H,24,26). The summed E-state index contributed by atoms with van der Waals surface area (Å²) in [5.74, 6) is -0.147. The molecule has 0 saturated heterocycles. The largest absolute Gasteiger partial charge is 0.490 e. The molecule has 0 unspecified atom stereocenters. The summed E-state index contributed by atoms with van der Waals surface area (Å²) in [5, 5.41) is 13.2. The first-order valence-electron chi connectivity index (χ1n) is 8.79. The van der Waals surface area contributed by atoms with E-state index in [0.717, 1.165) is 23.9 Å². The summed E-state index contributed by atoms with van der Waals surface area (Å²) in [4.78, 5) is 22.6. The van der Waals surface area contributed by atoms with Gasteiger partial charge in [-0.1, -0.05) is 18.2 Å². The van der Waals surface area contributed by atoms with Crippen molar-refractivity contribution in [1.82, 2.24) is 0 Å². The number of hydrogen-bond acceptors (Lipinski definition) is 5. The summed E-state index contributed by atoms with van der Waals surface area (Å²) < 4.78 is 25.6. The molecule has 1 amide bonds. The third-order valence-corrected chi connectivity index (χ3v) is 4.58. The first-order chi connectivity index (χ1) is 14.4. The highest BCUT2D eigenvalue weighted by molar-refractivity contribution is 9.10. The number of benzene rings is 3. The summed E-state index contributed by atoms with van der Waals surface area (Å²) in [7, 11) is 0. The number of non-ortho nitro benzene ring substituents is 1. The van der Waals surface area contributed by atoms with Crippen LogP contribution < -0.4 is 14.8 Å². The van der Waals surface area contributed by atoms with E-state index in [1.807, 2.05) is 30.3 Å². The third-order valence-electron chi connectivity index (χ3n) is 3.96. The summed E-state index contributed by atoms with van der Waals surface area (Å²) in [6, 6.07) is 16.8. The SMILES string of the molecule is O=C(Nc1cc([N+](=O)[O-])ccc1F)c1ccc(OCCOc2ccccc2)c(Br)c1. The van der Waals surface area contributed by atoms with Gasteiger partial charge in [0, 0.05) is 17.7 Å². The number of nitro groups is 1. The van der Waals surface area contributed by atoms with Crippen molar-refractivity contribution in [1.29, 1.82) is 0 Å². The maximum Gasteiger partial charge on any atom is 0.271 e. The highest BCUT2D eigenvalue weighted by atomic mass is 79.9. The van der Waals surface area contributed by atoms with Gasteiger partial charge in [-0.05, 0) is 52.3 Å². The molecule has 0 spiro atoms. The zero-order valence-corrected chi connectivity index (χ0v) is 17.1. The van der Waals surface area contributed by atoms with E-state index in [4.69, 9.17) is 9.47 Å². The van der Waals surface area contributed by atoms with Crippen molar-refractivity contribution in [3.8, 4) is 11.5 Å². The van der Waals surface area contributed by atoms with E-state index in [0.29, 0.717) is 16.8 Å². The van der Waals surface area contributed by atoms with Crippen LogP contribution in [0.25, 0.3) is 0 Å². The normalized spacial score (nSPS) is 10.3. The van der Waals surface area contributed by atoms with Gasteiger partial charge >= 0.3 is 0 Å². The molecule has 0 radical (unpaired) electrons. The highest BCUT2D eigenvalue weighted by Crippen LogP contribution is 2.27. The van der Waals surface area contributed by atoms with Gasteiger partial charge in [0.2, 0.25) is 0 Å². The van der Waals surface area contributed by atoms with Crippen LogP contribution in [0.15, 0.2) is 71.2 Å². The molecule has 0 saturated carbocycles. The fraction of sp³-hybridized carbons (Fsp3) is 0.0952. The minimum atomic E-state index is -0.772. The third kappa shape index (κ3) is 5.54. The lowest BCUT2D eigenvalue weighted by Crippen LogP contribution is -2.14. The first kappa shape index (κ1) is 21.3. The van der Waals surface area contributed by atoms with Crippen LogP contribution in [0.1, 0.15) is 10.4 Å². The van der Waals surface area contributed by atoms with Gasteiger partial charge in [0.15, 0.2) is 0 Å². The number of nitrogens with zero attached hydrogens (tertiary/aromatic N) is 1. The van der Waals surface area contributed by atoms with E-state index in [2.05, 4.69) is 21.2 Å². The molecule has 30 heavy (non-hydrogen) atoms. The Balaban J connectivity index is 1.60. The number of ether oxygens (including phenoxy) is 2. The minimum Gasteiger partial charge on any atom is -0.490 e. The zero-order valence-electron chi connectivity index (χ0n) is 15.5. The molecule has 0 aliphatic rings. The molecule has 3 rings (SSSR count). The topological polar surface area (TPSA) is 90.7 Å². The Morgan fingerprint density at radius 1 is 1.03 bits per heavy atom. The molecule has 0 bridgehead atoms. The fourth-order valence-electron chi connectivity index (χ4n) is 2.50. The van der Waals surface area contributed by atoms with Gasteiger partial charge in [-0.2, -0.15) is 0 Å². The number of para-hydroxylation sites is 1. The number of anilines is 1. The van der Waals surface area contributed by atoms with E-state index in [1.54, 1.807) is 6.07 Å². The van der Waals surface area contributed by atoms with Gasteiger partial charge in [0.1, 0.15) is 30.5 Å². The Kier molecular flexibility index (Phi) is 6.97. The molecular formula is C21H16BrFN2O5. The van der Waals surface area contributed by atoms with Crippen LogP contribution in [0.2, 0.25) is 0 Å². The lowest BCUT2D eigenvalue weighted by Gasteiger charge is -2.11. The Morgan fingerprint density at radius 2 is 1.77 bits per heavy atom. The van der Waals surface area contributed by atoms with Crippen LogP contribution in [0.5, 0.6) is 11.5 Å². The summed E-state index contributed by atoms with van der Waals surface area (Å²) in [6.07, 6.45) is 0. The van der Waals surface area contributed by atoms with Crippen molar-refractivity contribution in [3.05, 3.63) is 92.7 Å². The second kappa shape index (κ2) is 9.84. The Hall–Kier alpha value is -3.46. The molecule has 0 aliphatic heterocycles. The smallest absolute Gasteiger partial charge is 0.271 e. The second-order valence-electron chi connectivity index (χ2n) is 6.03. The number of hydrogen-bond donors (Lipinski definition) is 1. The maximum absolute atomic E-state index is 13.9. The van der Waals surface area contributed by atoms with Crippen molar-refractivity contribution in [2.45, 2.75) is 0 Å². The maximum atomic E-state index is 13.9. The van der Waals surface area contributed by atoms with Crippen molar-refractivity contribution in [2.75, 3.05) is 18.5 Å². The predicted molar refractivity (Wildman–Crippen MR) is 113 cm³/mol. The quantitative estimate of drug-likeness (QED) is 0.275. The van der Waals surface area contributed by atoms with Crippen LogP contribution >= 0.6 is 15.9 Å². The van der Waals surface area contributed by atoms with Gasteiger partial charge in [-0.15, -0.1) is 0 Å². The van der Waals surface area contributed by atoms with Crippen molar-refractivity contribution >= 4 is 33.2 Å². The molecule has 154 valence electrons. The predicted octanol–water partition coefficient (Wildman–Crippen LogP) is 5.21. The molecule has 1 N–H and O–H groups in total. The second-order valence-corrected chi connectivity index (χ2v) is 6.88. The number of nitro benzene ring substituents is 1. The van der Waals surface area contributed by atoms with E-state index < -0.39 is 16.6 Å². The number of carbonyl (C=O) groups excluding carboxylic acids is 1. The molecule has 3 aromatic carbocycles. The molecule has 0 aliphatic carbocycles. The van der Waals surface area contributed by atoms with E-state index >= 15 is 0 Å². The van der Waals surface area contributed by atoms with Gasteiger partial charge in [-0.25, -0.2) is 4.39 Å². The molecular weight excluding hydrogens is 459 g/mol. The van der Waals surface area contributed by atoms with Gasteiger partial charge < -0.3 is 14.8 Å². The van der Waals surface area contributed by atoms with E-state index in [1.165, 1.54) is 12.1 Å². The van der Waals surface area contributed by atoms with E-state index in [9.17, 15) is 19.3 Å². The lowest BCUT2D eigenvalue weighted by atomic mass is 10.2. The van der Waals surface area contributed by atoms with Crippen molar-refractivity contribution < 1.29 is 23.6 Å². The molecule has 7 nitrogen and oxygen atoms in total. The zero-order chi connectivity index (χ0) is 21.5. The average molecular weight is 475 g/mol. The molecule has 0 aromatic heterocycles. The van der Waals surface area contributed by atoms with Gasteiger partial charge in [-0.3, -0.25) is 14.9 Å². The number of amides is 1. The molecule has 0 fully saturated rings. The Bertz CT molecular complexity index is 1060. The monoisotopic (exact) mass is 474 g/mol. The molecule has 9 heteroatoms. The highest BCUT2D eigenvalue weighted by Gasteiger charge is 2.15. The molecule has 0 atom stereocenters. The molecule has 0 heterocycles. The van der Waals surface area contributed by atoms with Gasteiger partial charge in [0.05, 0.1) is 15.1 Å². The van der Waals surface area contributed by atoms with Gasteiger partial charge in [0.25, 0.3) is 11.6 Å². The van der Waals surface area contributed by atoms with Crippen LogP contribution in [0.3, 0.4) is 0 Å².